The predicted octanol–water partition coefficient (Wildman–Crippen LogP) is 5.46. The summed E-state index contributed by atoms with van der Waals surface area (Å²) in [4.78, 5) is 0. The number of benzene rings is 2. The smallest absolute Gasteiger partial charge is 0.166 e. The highest BCUT2D eigenvalue weighted by Crippen LogP contribution is 2.23. The van der Waals surface area contributed by atoms with Crippen LogP contribution in [0.25, 0.3) is 0 Å². The van der Waals surface area contributed by atoms with Crippen LogP contribution in [0.15, 0.2) is 36.4 Å². The zero-order valence-corrected chi connectivity index (χ0v) is 15.1. The zero-order chi connectivity index (χ0) is 16.1. The van der Waals surface area contributed by atoms with E-state index in [1.807, 2.05) is 12.1 Å². The van der Waals surface area contributed by atoms with Crippen molar-refractivity contribution in [2.75, 3.05) is 0 Å². The third kappa shape index (κ3) is 5.18. The molecule has 2 nitrogen and oxygen atoms in total. The van der Waals surface area contributed by atoms with Crippen molar-refractivity contribution in [3.63, 3.8) is 0 Å². The van der Waals surface area contributed by atoms with Gasteiger partial charge in [0.25, 0.3) is 0 Å². The second-order valence-electron chi connectivity index (χ2n) is 4.53. The minimum Gasteiger partial charge on any atom is -0.359 e. The number of hydrogen-bond acceptors (Lipinski definition) is 1. The molecular formula is C15H12Cl4N2S. The van der Waals surface area contributed by atoms with Crippen molar-refractivity contribution in [3.05, 3.63) is 67.6 Å². The number of thiocarbonyl (C=S) groups is 1. The summed E-state index contributed by atoms with van der Waals surface area (Å²) in [5, 5.41) is 8.86. The molecule has 0 atom stereocenters. The van der Waals surface area contributed by atoms with Crippen molar-refractivity contribution in [3.8, 4) is 0 Å². The summed E-state index contributed by atoms with van der Waals surface area (Å²) in [5.74, 6) is 0. The fraction of sp³-hybridized carbons (Fsp3) is 0.133. The van der Waals surface area contributed by atoms with Crippen molar-refractivity contribution in [1.29, 1.82) is 0 Å². The molecule has 0 saturated heterocycles. The molecular weight excluding hydrogens is 382 g/mol. The van der Waals surface area contributed by atoms with Gasteiger partial charge < -0.3 is 10.6 Å². The molecule has 2 rings (SSSR count). The highest BCUT2D eigenvalue weighted by atomic mass is 35.5. The molecule has 0 aliphatic rings. The van der Waals surface area contributed by atoms with Gasteiger partial charge in [-0.15, -0.1) is 0 Å². The highest BCUT2D eigenvalue weighted by Gasteiger charge is 2.02. The van der Waals surface area contributed by atoms with Crippen LogP contribution in [-0.4, -0.2) is 5.11 Å². The van der Waals surface area contributed by atoms with E-state index in [0.29, 0.717) is 38.3 Å². The molecule has 116 valence electrons. The average Bonchev–Trinajstić information content (AvgIpc) is 2.49. The number of hydrogen-bond donors (Lipinski definition) is 2. The van der Waals surface area contributed by atoms with Gasteiger partial charge in [0.15, 0.2) is 5.11 Å². The predicted molar refractivity (Wildman–Crippen MR) is 99.2 cm³/mol. The van der Waals surface area contributed by atoms with Gasteiger partial charge in [0.1, 0.15) is 0 Å². The van der Waals surface area contributed by atoms with Crippen LogP contribution in [0.1, 0.15) is 11.1 Å². The first kappa shape index (κ1) is 17.6. The van der Waals surface area contributed by atoms with E-state index >= 15 is 0 Å². The summed E-state index contributed by atoms with van der Waals surface area (Å²) in [5.41, 5.74) is 1.99. The van der Waals surface area contributed by atoms with E-state index in [2.05, 4.69) is 10.6 Å². The summed E-state index contributed by atoms with van der Waals surface area (Å²) in [6.07, 6.45) is 0. The lowest BCUT2D eigenvalue weighted by atomic mass is 10.2. The number of rotatable bonds is 4. The van der Waals surface area contributed by atoms with E-state index in [9.17, 15) is 0 Å². The minimum absolute atomic E-state index is 0.524. The van der Waals surface area contributed by atoms with Gasteiger partial charge in [0.2, 0.25) is 0 Å². The Hall–Kier alpha value is -0.710. The van der Waals surface area contributed by atoms with Crippen LogP contribution >= 0.6 is 58.6 Å². The second-order valence-corrected chi connectivity index (χ2v) is 6.57. The summed E-state index contributed by atoms with van der Waals surface area (Å²) in [6.45, 7) is 1.12. The second kappa shape index (κ2) is 8.23. The zero-order valence-electron chi connectivity index (χ0n) is 11.3. The van der Waals surface area contributed by atoms with Crippen LogP contribution in [0.5, 0.6) is 0 Å². The fourth-order valence-corrected chi connectivity index (χ4v) is 2.51. The maximum absolute atomic E-state index is 5.97. The Balaban J connectivity index is 1.82. The van der Waals surface area contributed by atoms with Gasteiger partial charge in [-0.25, -0.2) is 0 Å². The van der Waals surface area contributed by atoms with Gasteiger partial charge >= 0.3 is 0 Å². The maximum Gasteiger partial charge on any atom is 0.166 e. The maximum atomic E-state index is 5.97. The van der Waals surface area contributed by atoms with Crippen LogP contribution in [0, 0.1) is 0 Å². The molecule has 0 fully saturated rings. The van der Waals surface area contributed by atoms with E-state index in [-0.39, 0.29) is 0 Å². The van der Waals surface area contributed by atoms with Gasteiger partial charge in [0.05, 0.1) is 20.1 Å². The highest BCUT2D eigenvalue weighted by molar-refractivity contribution is 7.80. The van der Waals surface area contributed by atoms with E-state index < -0.39 is 0 Å². The van der Waals surface area contributed by atoms with Crippen LogP contribution in [-0.2, 0) is 13.1 Å². The van der Waals surface area contributed by atoms with Crippen LogP contribution < -0.4 is 10.6 Å². The van der Waals surface area contributed by atoms with E-state index in [4.69, 9.17) is 58.6 Å². The first-order chi connectivity index (χ1) is 10.5. The molecule has 0 aliphatic heterocycles. The summed E-state index contributed by atoms with van der Waals surface area (Å²) in [7, 11) is 0. The van der Waals surface area contributed by atoms with Crippen LogP contribution in [0.4, 0.5) is 0 Å². The topological polar surface area (TPSA) is 24.1 Å². The van der Waals surface area contributed by atoms with E-state index in [1.165, 1.54) is 0 Å². The monoisotopic (exact) mass is 392 g/mol. The van der Waals surface area contributed by atoms with Crippen molar-refractivity contribution in [2.45, 2.75) is 13.1 Å². The van der Waals surface area contributed by atoms with E-state index in [0.717, 1.165) is 11.1 Å². The molecule has 0 heterocycles. The lowest BCUT2D eigenvalue weighted by Gasteiger charge is -2.11. The normalized spacial score (nSPS) is 10.4. The molecule has 0 unspecified atom stereocenters. The Kier molecular flexibility index (Phi) is 6.60. The van der Waals surface area contributed by atoms with Gasteiger partial charge in [-0.3, -0.25) is 0 Å². The lowest BCUT2D eigenvalue weighted by Crippen LogP contribution is -2.34. The van der Waals surface area contributed by atoms with Gasteiger partial charge in [0, 0.05) is 13.1 Å². The average molecular weight is 394 g/mol. The summed E-state index contributed by atoms with van der Waals surface area (Å²) >= 11 is 28.9. The molecule has 0 bridgehead atoms. The van der Waals surface area contributed by atoms with Crippen molar-refractivity contribution in [2.24, 2.45) is 0 Å². The van der Waals surface area contributed by atoms with Crippen LogP contribution in [0.3, 0.4) is 0 Å². The summed E-state index contributed by atoms with van der Waals surface area (Å²) in [6, 6.07) is 10.9. The quantitative estimate of drug-likeness (QED) is 0.674. The molecule has 0 radical (unpaired) electrons. The number of nitrogens with one attached hydrogen (secondary N) is 2. The Bertz CT molecular complexity index is 634. The Morgan fingerprint density at radius 3 is 1.50 bits per heavy atom. The third-order valence-electron chi connectivity index (χ3n) is 2.87. The standard InChI is InChI=1S/C15H12Cl4N2S/c16-11-3-1-9(5-13(11)18)7-20-15(22)21-8-10-2-4-12(17)14(19)6-10/h1-6H,7-8H2,(H2,20,21,22). The molecule has 2 aromatic rings. The minimum atomic E-state index is 0.524. The van der Waals surface area contributed by atoms with Gasteiger partial charge in [-0.05, 0) is 47.6 Å². The molecule has 0 amide bonds. The summed E-state index contributed by atoms with van der Waals surface area (Å²) < 4.78 is 0. The molecule has 0 spiro atoms. The molecule has 7 heteroatoms. The molecule has 2 N–H and O–H groups in total. The molecule has 0 aliphatic carbocycles. The first-order valence-corrected chi connectivity index (χ1v) is 8.27. The number of halogens is 4. The third-order valence-corrected chi connectivity index (χ3v) is 4.64. The SMILES string of the molecule is S=C(NCc1ccc(Cl)c(Cl)c1)NCc1ccc(Cl)c(Cl)c1. The van der Waals surface area contributed by atoms with Crippen molar-refractivity contribution < 1.29 is 0 Å². The molecule has 2 aromatic carbocycles. The molecule has 0 aromatic heterocycles. The Labute approximate surface area is 154 Å². The van der Waals surface area contributed by atoms with Gasteiger partial charge in [-0.1, -0.05) is 58.5 Å². The Morgan fingerprint density at radius 2 is 1.14 bits per heavy atom. The van der Waals surface area contributed by atoms with Crippen molar-refractivity contribution >= 4 is 63.7 Å². The molecule has 22 heavy (non-hydrogen) atoms. The van der Waals surface area contributed by atoms with E-state index in [1.54, 1.807) is 24.3 Å². The van der Waals surface area contributed by atoms with Crippen molar-refractivity contribution in [1.82, 2.24) is 10.6 Å². The fourth-order valence-electron chi connectivity index (χ4n) is 1.73. The van der Waals surface area contributed by atoms with Crippen LogP contribution in [0.2, 0.25) is 20.1 Å². The first-order valence-electron chi connectivity index (χ1n) is 6.35. The molecule has 0 saturated carbocycles. The largest absolute Gasteiger partial charge is 0.359 e. The Morgan fingerprint density at radius 1 is 0.727 bits per heavy atom. The van der Waals surface area contributed by atoms with Gasteiger partial charge in [-0.2, -0.15) is 0 Å². The lowest BCUT2D eigenvalue weighted by molar-refractivity contribution is 0.833.